The zero-order valence-electron chi connectivity index (χ0n) is 19.7. The minimum Gasteiger partial charge on any atom is -0.464 e. The molecule has 5 rings (SSSR count). The van der Waals surface area contributed by atoms with E-state index < -0.39 is 0 Å². The Morgan fingerprint density at radius 1 is 1.00 bits per heavy atom. The van der Waals surface area contributed by atoms with Crippen LogP contribution in [-0.2, 0) is 19.5 Å². The first-order chi connectivity index (χ1) is 16.2. The highest BCUT2D eigenvalue weighted by molar-refractivity contribution is 5.88. The molecule has 2 aromatic heterocycles. The van der Waals surface area contributed by atoms with Crippen LogP contribution < -0.4 is 0 Å². The predicted octanol–water partition coefficient (Wildman–Crippen LogP) is 5.99. The highest BCUT2D eigenvalue weighted by atomic mass is 16.5. The molecule has 1 aliphatic rings. The van der Waals surface area contributed by atoms with E-state index in [0.717, 1.165) is 59.0 Å². The summed E-state index contributed by atoms with van der Waals surface area (Å²) in [6.07, 6.45) is 6.38. The van der Waals surface area contributed by atoms with Crippen molar-refractivity contribution in [3.05, 3.63) is 77.7 Å². The van der Waals surface area contributed by atoms with Crippen LogP contribution in [0.4, 0.5) is 0 Å². The van der Waals surface area contributed by atoms with Crippen molar-refractivity contribution in [1.82, 2.24) is 15.0 Å². The third-order valence-corrected chi connectivity index (χ3v) is 6.83. The summed E-state index contributed by atoms with van der Waals surface area (Å²) in [6.45, 7) is 4.20. The Morgan fingerprint density at radius 3 is 2.55 bits per heavy atom. The standard InChI is InChI=1S/C28H33N3O2/c1-30(2)20-25-23(27-9-6-18-32-27)11-12-24-26(29-33-28(24)25)13-10-21-14-16-31(17-15-21)19-22-7-4-3-5-8-22/h3-9,11-12,18,21H,10,13-17,19-20H2,1-2H3. The molecule has 0 radical (unpaired) electrons. The monoisotopic (exact) mass is 443 g/mol. The van der Waals surface area contributed by atoms with E-state index in [2.05, 4.69) is 71.5 Å². The maximum absolute atomic E-state index is 5.92. The number of aromatic nitrogens is 1. The number of fused-ring (bicyclic) bond motifs is 1. The number of likely N-dealkylation sites (tertiary alicyclic amines) is 1. The molecule has 172 valence electrons. The van der Waals surface area contributed by atoms with Crippen LogP contribution in [0.25, 0.3) is 22.3 Å². The summed E-state index contributed by atoms with van der Waals surface area (Å²) in [5, 5.41) is 5.65. The normalized spacial score (nSPS) is 15.6. The van der Waals surface area contributed by atoms with Gasteiger partial charge in [0.15, 0.2) is 5.58 Å². The fourth-order valence-corrected chi connectivity index (χ4v) is 5.04. The quantitative estimate of drug-likeness (QED) is 0.334. The van der Waals surface area contributed by atoms with Crippen LogP contribution in [-0.4, -0.2) is 42.1 Å². The molecule has 0 N–H and O–H groups in total. The fraction of sp³-hybridized carbons (Fsp3) is 0.393. The zero-order valence-corrected chi connectivity index (χ0v) is 19.7. The lowest BCUT2D eigenvalue weighted by molar-refractivity contribution is 0.172. The Bertz CT molecular complexity index is 1160. The molecule has 0 saturated carbocycles. The van der Waals surface area contributed by atoms with Gasteiger partial charge < -0.3 is 13.8 Å². The van der Waals surface area contributed by atoms with Crippen molar-refractivity contribution in [3.8, 4) is 11.3 Å². The van der Waals surface area contributed by atoms with Crippen molar-refractivity contribution in [2.75, 3.05) is 27.2 Å². The van der Waals surface area contributed by atoms with E-state index in [9.17, 15) is 0 Å². The molecule has 5 heteroatoms. The first kappa shape index (κ1) is 21.9. The third kappa shape index (κ3) is 5.05. The van der Waals surface area contributed by atoms with Gasteiger partial charge in [0.05, 0.1) is 12.0 Å². The summed E-state index contributed by atoms with van der Waals surface area (Å²) in [6, 6.07) is 19.0. The van der Waals surface area contributed by atoms with Crippen molar-refractivity contribution in [1.29, 1.82) is 0 Å². The Hall–Kier alpha value is -2.89. The molecular formula is C28H33N3O2. The number of piperidine rings is 1. The van der Waals surface area contributed by atoms with Gasteiger partial charge in [-0.1, -0.05) is 35.5 Å². The molecule has 2 aromatic carbocycles. The predicted molar refractivity (Wildman–Crippen MR) is 132 cm³/mol. The molecule has 4 aromatic rings. The van der Waals surface area contributed by atoms with Crippen LogP contribution in [0.3, 0.4) is 0 Å². The van der Waals surface area contributed by atoms with Gasteiger partial charge in [-0.2, -0.15) is 0 Å². The molecule has 1 aliphatic heterocycles. The van der Waals surface area contributed by atoms with Gasteiger partial charge in [-0.25, -0.2) is 0 Å². The van der Waals surface area contributed by atoms with Gasteiger partial charge in [0.2, 0.25) is 0 Å². The zero-order chi connectivity index (χ0) is 22.6. The minimum absolute atomic E-state index is 0.757. The molecule has 0 unspecified atom stereocenters. The molecule has 0 spiro atoms. The average Bonchev–Trinajstić information content (AvgIpc) is 3.50. The summed E-state index contributed by atoms with van der Waals surface area (Å²) in [5.41, 5.74) is 5.61. The smallest absolute Gasteiger partial charge is 0.172 e. The SMILES string of the molecule is CN(C)Cc1c(-c2ccco2)ccc2c(CCC3CCN(Cc4ccccc4)CC3)noc12. The second-order valence-electron chi connectivity index (χ2n) is 9.56. The molecule has 1 saturated heterocycles. The molecule has 1 fully saturated rings. The van der Waals surface area contributed by atoms with Crippen molar-refractivity contribution in [3.63, 3.8) is 0 Å². The summed E-state index contributed by atoms with van der Waals surface area (Å²) in [4.78, 5) is 4.74. The first-order valence-corrected chi connectivity index (χ1v) is 12.0. The van der Waals surface area contributed by atoms with Crippen LogP contribution in [0, 0.1) is 5.92 Å². The molecule has 0 bridgehead atoms. The van der Waals surface area contributed by atoms with Gasteiger partial charge in [-0.3, -0.25) is 4.90 Å². The molecule has 0 aliphatic carbocycles. The second-order valence-corrected chi connectivity index (χ2v) is 9.56. The van der Waals surface area contributed by atoms with Crippen LogP contribution in [0.5, 0.6) is 0 Å². The van der Waals surface area contributed by atoms with Crippen molar-refractivity contribution >= 4 is 11.0 Å². The lowest BCUT2D eigenvalue weighted by Crippen LogP contribution is -2.33. The molecule has 5 nitrogen and oxygen atoms in total. The summed E-state index contributed by atoms with van der Waals surface area (Å²) < 4.78 is 11.6. The summed E-state index contributed by atoms with van der Waals surface area (Å²) in [7, 11) is 4.15. The van der Waals surface area contributed by atoms with Crippen LogP contribution in [0.15, 0.2) is 69.8 Å². The number of hydrogen-bond donors (Lipinski definition) is 0. The Labute approximate surface area is 196 Å². The minimum atomic E-state index is 0.757. The fourth-order valence-electron chi connectivity index (χ4n) is 5.04. The third-order valence-electron chi connectivity index (χ3n) is 6.83. The van der Waals surface area contributed by atoms with E-state index in [0.29, 0.717) is 0 Å². The van der Waals surface area contributed by atoms with Crippen molar-refractivity contribution in [2.45, 2.75) is 38.8 Å². The molecule has 3 heterocycles. The highest BCUT2D eigenvalue weighted by Crippen LogP contribution is 2.34. The molecule has 0 amide bonds. The topological polar surface area (TPSA) is 45.7 Å². The van der Waals surface area contributed by atoms with Gasteiger partial charge in [-0.15, -0.1) is 0 Å². The Kier molecular flexibility index (Phi) is 6.60. The number of nitrogens with zero attached hydrogens (tertiary/aromatic N) is 3. The van der Waals surface area contributed by atoms with E-state index in [4.69, 9.17) is 8.94 Å². The lowest BCUT2D eigenvalue weighted by Gasteiger charge is -2.31. The molecule has 0 atom stereocenters. The Morgan fingerprint density at radius 2 is 1.82 bits per heavy atom. The second kappa shape index (κ2) is 9.94. The number of benzene rings is 2. The Balaban J connectivity index is 1.25. The van der Waals surface area contributed by atoms with Crippen LogP contribution in [0.1, 0.15) is 36.1 Å². The number of furan rings is 1. The first-order valence-electron chi connectivity index (χ1n) is 12.0. The maximum atomic E-state index is 5.92. The number of rotatable bonds is 8. The highest BCUT2D eigenvalue weighted by Gasteiger charge is 2.22. The maximum Gasteiger partial charge on any atom is 0.172 e. The van der Waals surface area contributed by atoms with E-state index in [1.807, 2.05) is 12.1 Å². The van der Waals surface area contributed by atoms with Gasteiger partial charge >= 0.3 is 0 Å². The van der Waals surface area contributed by atoms with Crippen LogP contribution in [0.2, 0.25) is 0 Å². The largest absolute Gasteiger partial charge is 0.464 e. The van der Waals surface area contributed by atoms with Crippen molar-refractivity contribution < 1.29 is 8.94 Å². The molecular weight excluding hydrogens is 410 g/mol. The van der Waals surface area contributed by atoms with Gasteiger partial charge in [-0.05, 0) is 88.6 Å². The number of hydrogen-bond acceptors (Lipinski definition) is 5. The summed E-state index contributed by atoms with van der Waals surface area (Å²) in [5.74, 6) is 1.63. The van der Waals surface area contributed by atoms with Gasteiger partial charge in [0.1, 0.15) is 5.76 Å². The van der Waals surface area contributed by atoms with Gasteiger partial charge in [0.25, 0.3) is 0 Å². The van der Waals surface area contributed by atoms with E-state index >= 15 is 0 Å². The van der Waals surface area contributed by atoms with Crippen LogP contribution >= 0.6 is 0 Å². The molecule has 33 heavy (non-hydrogen) atoms. The number of aryl methyl sites for hydroxylation is 1. The summed E-state index contributed by atoms with van der Waals surface area (Å²) >= 11 is 0. The van der Waals surface area contributed by atoms with Gasteiger partial charge in [0, 0.05) is 29.6 Å². The van der Waals surface area contributed by atoms with E-state index in [1.165, 1.54) is 37.9 Å². The van der Waals surface area contributed by atoms with Crippen molar-refractivity contribution in [2.24, 2.45) is 5.92 Å². The average molecular weight is 444 g/mol. The lowest BCUT2D eigenvalue weighted by atomic mass is 9.90. The van der Waals surface area contributed by atoms with E-state index in [1.54, 1.807) is 6.26 Å². The van der Waals surface area contributed by atoms with E-state index in [-0.39, 0.29) is 0 Å².